The number of likely N-dealkylation sites (tertiary alicyclic amines) is 1. The Labute approximate surface area is 187 Å². The first-order chi connectivity index (χ1) is 15.1. The van der Waals surface area contributed by atoms with Crippen LogP contribution in [0.1, 0.15) is 52.0 Å². The second-order valence-corrected chi connectivity index (χ2v) is 9.40. The molecule has 1 saturated heterocycles. The largest absolute Gasteiger partial charge is 0.368 e. The number of halogens is 2. The van der Waals surface area contributed by atoms with E-state index in [0.29, 0.717) is 19.4 Å². The molecule has 6 nitrogen and oxygen atoms in total. The summed E-state index contributed by atoms with van der Waals surface area (Å²) in [5.41, 5.74) is 4.53. The van der Waals surface area contributed by atoms with E-state index >= 15 is 0 Å². The van der Waals surface area contributed by atoms with Crippen molar-refractivity contribution in [3.8, 4) is 0 Å². The van der Waals surface area contributed by atoms with Crippen LogP contribution in [0.15, 0.2) is 34.5 Å². The predicted molar refractivity (Wildman–Crippen MR) is 118 cm³/mol. The highest BCUT2D eigenvalue weighted by Crippen LogP contribution is 2.53. The fourth-order valence-corrected chi connectivity index (χ4v) is 5.41. The molecule has 174 valence electrons. The van der Waals surface area contributed by atoms with Gasteiger partial charge in [0.15, 0.2) is 0 Å². The summed E-state index contributed by atoms with van der Waals surface area (Å²) in [7, 11) is 1.44. The molecule has 4 atom stereocenters. The van der Waals surface area contributed by atoms with E-state index in [1.807, 2.05) is 6.92 Å². The van der Waals surface area contributed by atoms with E-state index in [-0.39, 0.29) is 34.9 Å². The number of carbonyl (C=O) groups excluding carboxylic acids is 2. The second kappa shape index (κ2) is 9.46. The molecule has 2 aliphatic rings. The summed E-state index contributed by atoms with van der Waals surface area (Å²) in [4.78, 5) is 27.3. The van der Waals surface area contributed by atoms with Crippen molar-refractivity contribution >= 4 is 17.5 Å². The minimum Gasteiger partial charge on any atom is -0.368 e. The molecule has 1 aromatic rings. The summed E-state index contributed by atoms with van der Waals surface area (Å²) < 4.78 is 29.2. The molecule has 1 unspecified atom stereocenters. The van der Waals surface area contributed by atoms with Gasteiger partial charge in [-0.1, -0.05) is 32.9 Å². The summed E-state index contributed by atoms with van der Waals surface area (Å²) >= 11 is 0. The monoisotopic (exact) mass is 446 g/mol. The van der Waals surface area contributed by atoms with E-state index in [1.165, 1.54) is 25.2 Å². The van der Waals surface area contributed by atoms with Gasteiger partial charge in [0.2, 0.25) is 11.8 Å². The lowest BCUT2D eigenvalue weighted by Crippen LogP contribution is -2.50. The highest BCUT2D eigenvalue weighted by atomic mass is 19.1. The van der Waals surface area contributed by atoms with Crippen LogP contribution in [-0.4, -0.2) is 36.3 Å². The normalized spacial score (nSPS) is 28.8. The lowest BCUT2D eigenvalue weighted by atomic mass is 9.72. The van der Waals surface area contributed by atoms with Gasteiger partial charge in [-0.05, 0) is 55.6 Å². The lowest BCUT2D eigenvalue weighted by Gasteiger charge is -2.37. The van der Waals surface area contributed by atoms with Crippen molar-refractivity contribution in [1.29, 1.82) is 0 Å². The highest BCUT2D eigenvalue weighted by molar-refractivity contribution is 5.90. The molecule has 0 bridgehead atoms. The zero-order valence-corrected chi connectivity index (χ0v) is 19.1. The Balaban J connectivity index is 2.10. The molecule has 0 radical (unpaired) electrons. The lowest BCUT2D eigenvalue weighted by molar-refractivity contribution is -0.147. The number of nitrogens with two attached hydrogens (primary N) is 1. The molecule has 32 heavy (non-hydrogen) atoms. The van der Waals surface area contributed by atoms with E-state index < -0.39 is 29.0 Å². The fraction of sp³-hybridized carbons (Fsp3) is 0.583. The number of allylic oxidation sites excluding steroid dienone is 1. The van der Waals surface area contributed by atoms with Gasteiger partial charge >= 0.3 is 0 Å². The SMILES string of the molecule is C/N=N\C(=C/C1[C@H](C(C)C)CC[C@]1(C)C(=O)N1CCC[C@H]1C(N)=O)c1c(F)cccc1F. The number of nitrogens with zero attached hydrogens (tertiary/aromatic N) is 3. The zero-order valence-electron chi connectivity index (χ0n) is 19.1. The Morgan fingerprint density at radius 3 is 2.47 bits per heavy atom. The molecule has 1 aliphatic carbocycles. The van der Waals surface area contributed by atoms with Gasteiger partial charge in [-0.15, -0.1) is 0 Å². The fourth-order valence-electron chi connectivity index (χ4n) is 5.41. The Kier molecular flexibility index (Phi) is 7.10. The van der Waals surface area contributed by atoms with Crippen LogP contribution in [0.5, 0.6) is 0 Å². The molecule has 2 fully saturated rings. The first-order valence-corrected chi connectivity index (χ1v) is 11.2. The van der Waals surface area contributed by atoms with E-state index in [1.54, 1.807) is 11.0 Å². The third-order valence-electron chi connectivity index (χ3n) is 7.15. The average molecular weight is 447 g/mol. The number of hydrogen-bond donors (Lipinski definition) is 1. The van der Waals surface area contributed by atoms with Gasteiger partial charge in [0, 0.05) is 13.6 Å². The molecule has 8 heteroatoms. The topological polar surface area (TPSA) is 88.1 Å². The van der Waals surface area contributed by atoms with Crippen LogP contribution in [-0.2, 0) is 9.59 Å². The minimum atomic E-state index is -0.844. The van der Waals surface area contributed by atoms with Gasteiger partial charge in [0.05, 0.1) is 16.7 Å². The van der Waals surface area contributed by atoms with Crippen molar-refractivity contribution in [2.75, 3.05) is 13.6 Å². The molecule has 1 aromatic carbocycles. The molecule has 1 aliphatic heterocycles. The molecule has 2 N–H and O–H groups in total. The third-order valence-corrected chi connectivity index (χ3v) is 7.15. The molecular formula is C24H32F2N4O2. The van der Waals surface area contributed by atoms with Crippen molar-refractivity contribution in [1.82, 2.24) is 4.90 Å². The van der Waals surface area contributed by atoms with Gasteiger partial charge in [-0.25, -0.2) is 8.78 Å². The first-order valence-electron chi connectivity index (χ1n) is 11.2. The van der Waals surface area contributed by atoms with E-state index in [0.717, 1.165) is 12.8 Å². The maximum atomic E-state index is 14.6. The van der Waals surface area contributed by atoms with Crippen LogP contribution >= 0.6 is 0 Å². The molecule has 0 spiro atoms. The maximum absolute atomic E-state index is 14.6. The summed E-state index contributed by atoms with van der Waals surface area (Å²) in [6, 6.07) is 3.04. The summed E-state index contributed by atoms with van der Waals surface area (Å²) in [5, 5.41) is 7.82. The summed E-state index contributed by atoms with van der Waals surface area (Å²) in [5.74, 6) is -2.09. The van der Waals surface area contributed by atoms with Crippen molar-refractivity contribution in [2.24, 2.45) is 39.1 Å². The van der Waals surface area contributed by atoms with E-state index in [4.69, 9.17) is 5.73 Å². The molecule has 2 amide bonds. The van der Waals surface area contributed by atoms with E-state index in [2.05, 4.69) is 24.1 Å². The van der Waals surface area contributed by atoms with Gasteiger partial charge in [0.25, 0.3) is 0 Å². The quantitative estimate of drug-likeness (QED) is 0.650. The van der Waals surface area contributed by atoms with E-state index in [9.17, 15) is 18.4 Å². The third kappa shape index (κ3) is 4.32. The molecule has 1 heterocycles. The number of benzene rings is 1. The van der Waals surface area contributed by atoms with Gasteiger partial charge in [-0.2, -0.15) is 10.2 Å². The molecule has 0 aromatic heterocycles. The number of primary amides is 1. The van der Waals surface area contributed by atoms with Crippen molar-refractivity contribution in [3.05, 3.63) is 41.5 Å². The van der Waals surface area contributed by atoms with Gasteiger partial charge in [0.1, 0.15) is 17.7 Å². The van der Waals surface area contributed by atoms with Crippen molar-refractivity contribution < 1.29 is 18.4 Å². The molecular weight excluding hydrogens is 414 g/mol. The number of hydrogen-bond acceptors (Lipinski definition) is 4. The Morgan fingerprint density at radius 2 is 1.91 bits per heavy atom. The van der Waals surface area contributed by atoms with Crippen LogP contribution in [0.4, 0.5) is 8.78 Å². The number of amides is 2. The minimum absolute atomic E-state index is 0.0764. The van der Waals surface area contributed by atoms with Crippen LogP contribution < -0.4 is 5.73 Å². The number of azo groups is 1. The second-order valence-electron chi connectivity index (χ2n) is 9.40. The zero-order chi connectivity index (χ0) is 23.6. The van der Waals surface area contributed by atoms with Crippen LogP contribution in [0.2, 0.25) is 0 Å². The summed E-state index contributed by atoms with van der Waals surface area (Å²) in [6.45, 7) is 6.52. The maximum Gasteiger partial charge on any atom is 0.240 e. The Hall–Kier alpha value is -2.64. The predicted octanol–water partition coefficient (Wildman–Crippen LogP) is 4.55. The standard InChI is InChI=1S/C24H32F2N4O2/c1-14(2)15-10-11-24(3,23(32)30-12-6-9-20(30)22(27)31)16(15)13-19(29-28-4)21-17(25)7-5-8-18(21)26/h5,7-8,13-16,20H,6,9-12H2,1-4H3,(H2,27,31)/b19-13-,29-28-/t15-,16?,20-,24-/m0/s1. The van der Waals surface area contributed by atoms with Crippen LogP contribution in [0, 0.1) is 34.8 Å². The smallest absolute Gasteiger partial charge is 0.240 e. The van der Waals surface area contributed by atoms with Crippen molar-refractivity contribution in [3.63, 3.8) is 0 Å². The highest BCUT2D eigenvalue weighted by Gasteiger charge is 2.53. The average Bonchev–Trinajstić information content (AvgIpc) is 3.33. The van der Waals surface area contributed by atoms with Gasteiger partial charge < -0.3 is 10.6 Å². The first kappa shape index (κ1) is 24.0. The molecule has 1 saturated carbocycles. The molecule has 3 rings (SSSR count). The Bertz CT molecular complexity index is 926. The number of carbonyl (C=O) groups is 2. The van der Waals surface area contributed by atoms with Crippen LogP contribution in [0.25, 0.3) is 5.70 Å². The Morgan fingerprint density at radius 1 is 1.25 bits per heavy atom. The number of rotatable bonds is 6. The van der Waals surface area contributed by atoms with Gasteiger partial charge in [-0.3, -0.25) is 9.59 Å². The van der Waals surface area contributed by atoms with Crippen LogP contribution in [0.3, 0.4) is 0 Å². The van der Waals surface area contributed by atoms with Crippen molar-refractivity contribution in [2.45, 2.75) is 52.5 Å². The summed E-state index contributed by atoms with van der Waals surface area (Å²) in [6.07, 6.45) is 4.38.